The number of aromatic nitrogens is 3. The normalized spacial score (nSPS) is 10.6. The van der Waals surface area contributed by atoms with Crippen LogP contribution >= 0.6 is 23.2 Å². The van der Waals surface area contributed by atoms with Crippen LogP contribution in [0.1, 0.15) is 0 Å². The Labute approximate surface area is 101 Å². The van der Waals surface area contributed by atoms with Gasteiger partial charge in [-0.15, -0.1) is 11.7 Å². The number of fused-ring (bicyclic) bond motifs is 1. The van der Waals surface area contributed by atoms with Crippen molar-refractivity contribution in [1.29, 1.82) is 0 Å². The summed E-state index contributed by atoms with van der Waals surface area (Å²) < 4.78 is 1.20. The molecule has 0 saturated carbocycles. The maximum absolute atomic E-state index is 11.9. The average molecular weight is 256 g/mol. The van der Waals surface area contributed by atoms with Crippen LogP contribution in [-0.2, 0) is 6.54 Å². The third kappa shape index (κ3) is 1.81. The summed E-state index contributed by atoms with van der Waals surface area (Å²) in [5.74, 6) is 0. The Morgan fingerprint density at radius 1 is 1.44 bits per heavy atom. The summed E-state index contributed by atoms with van der Waals surface area (Å²) in [6, 6.07) is 3.05. The topological polar surface area (TPSA) is 47.8 Å². The van der Waals surface area contributed by atoms with Crippen molar-refractivity contribution in [3.8, 4) is 0 Å². The maximum atomic E-state index is 11.9. The Balaban J connectivity index is 2.83. The first-order valence-electron chi connectivity index (χ1n) is 4.47. The third-order valence-corrected chi connectivity index (χ3v) is 2.55. The maximum Gasteiger partial charge on any atom is 0.278 e. The van der Waals surface area contributed by atoms with Gasteiger partial charge in [-0.2, -0.15) is 0 Å². The zero-order valence-corrected chi connectivity index (χ0v) is 9.66. The summed E-state index contributed by atoms with van der Waals surface area (Å²) in [6.45, 7) is 3.83. The fourth-order valence-corrected chi connectivity index (χ4v) is 1.88. The van der Waals surface area contributed by atoms with Gasteiger partial charge in [0.2, 0.25) is 0 Å². The lowest BCUT2D eigenvalue weighted by Crippen LogP contribution is -2.23. The third-order valence-electron chi connectivity index (χ3n) is 2.05. The van der Waals surface area contributed by atoms with Crippen molar-refractivity contribution in [2.24, 2.45) is 0 Å². The molecule has 0 unspecified atom stereocenters. The summed E-state index contributed by atoms with van der Waals surface area (Å²) in [5, 5.41) is 8.69. The lowest BCUT2D eigenvalue weighted by Gasteiger charge is -2.03. The highest BCUT2D eigenvalue weighted by Gasteiger charge is 2.09. The summed E-state index contributed by atoms with van der Waals surface area (Å²) in [6.07, 6.45) is 1.56. The molecule has 2 rings (SSSR count). The molecular weight excluding hydrogens is 249 g/mol. The van der Waals surface area contributed by atoms with Crippen LogP contribution in [0.3, 0.4) is 0 Å². The molecule has 6 heteroatoms. The van der Waals surface area contributed by atoms with Crippen molar-refractivity contribution in [3.63, 3.8) is 0 Å². The second kappa shape index (κ2) is 4.23. The quantitative estimate of drug-likeness (QED) is 0.774. The molecule has 0 fully saturated rings. The van der Waals surface area contributed by atoms with Crippen LogP contribution in [0.5, 0.6) is 0 Å². The molecule has 0 aliphatic heterocycles. The standard InChI is InChI=1S/C10H7Cl2N3O/c1-2-3-15-10(16)7-4-6(11)5-8(12)9(7)13-14-15/h2,4-5H,1,3H2. The molecule has 1 aromatic carbocycles. The minimum Gasteiger partial charge on any atom is -0.267 e. The van der Waals surface area contributed by atoms with Crippen molar-refractivity contribution >= 4 is 34.1 Å². The molecule has 1 heterocycles. The van der Waals surface area contributed by atoms with Gasteiger partial charge in [0.15, 0.2) is 0 Å². The fraction of sp³-hybridized carbons (Fsp3) is 0.100. The zero-order chi connectivity index (χ0) is 11.7. The number of allylic oxidation sites excluding steroid dienone is 1. The lowest BCUT2D eigenvalue weighted by molar-refractivity contribution is 0.611. The Morgan fingerprint density at radius 2 is 2.19 bits per heavy atom. The number of rotatable bonds is 2. The molecule has 82 valence electrons. The van der Waals surface area contributed by atoms with Gasteiger partial charge < -0.3 is 0 Å². The zero-order valence-electron chi connectivity index (χ0n) is 8.15. The minimum absolute atomic E-state index is 0.283. The van der Waals surface area contributed by atoms with Gasteiger partial charge >= 0.3 is 0 Å². The molecule has 0 aliphatic rings. The lowest BCUT2D eigenvalue weighted by atomic mass is 10.2. The first-order chi connectivity index (χ1) is 7.63. The Morgan fingerprint density at radius 3 is 2.88 bits per heavy atom. The molecule has 0 aliphatic carbocycles. The van der Waals surface area contributed by atoms with Crippen LogP contribution in [0.15, 0.2) is 29.6 Å². The molecule has 2 aromatic rings. The minimum atomic E-state index is -0.283. The molecule has 16 heavy (non-hydrogen) atoms. The van der Waals surface area contributed by atoms with Crippen molar-refractivity contribution in [2.75, 3.05) is 0 Å². The molecule has 0 spiro atoms. The van der Waals surface area contributed by atoms with Gasteiger partial charge in [0, 0.05) is 5.02 Å². The van der Waals surface area contributed by atoms with Crippen LogP contribution in [0, 0.1) is 0 Å². The molecule has 0 bridgehead atoms. The van der Waals surface area contributed by atoms with E-state index >= 15 is 0 Å². The van der Waals surface area contributed by atoms with E-state index in [0.29, 0.717) is 27.5 Å². The van der Waals surface area contributed by atoms with Crippen LogP contribution in [0.4, 0.5) is 0 Å². The van der Waals surface area contributed by atoms with Crippen molar-refractivity contribution < 1.29 is 0 Å². The number of halogens is 2. The Hall–Kier alpha value is -1.39. The van der Waals surface area contributed by atoms with Crippen LogP contribution < -0.4 is 5.56 Å². The largest absolute Gasteiger partial charge is 0.278 e. The van der Waals surface area contributed by atoms with E-state index in [2.05, 4.69) is 16.9 Å². The van der Waals surface area contributed by atoms with E-state index in [9.17, 15) is 4.79 Å². The summed E-state index contributed by atoms with van der Waals surface area (Å²) in [7, 11) is 0. The van der Waals surface area contributed by atoms with Gasteiger partial charge in [-0.05, 0) is 12.1 Å². The molecule has 0 radical (unpaired) electrons. The monoisotopic (exact) mass is 255 g/mol. The molecule has 0 N–H and O–H groups in total. The van der Waals surface area contributed by atoms with E-state index in [1.165, 1.54) is 16.8 Å². The molecule has 1 aromatic heterocycles. The van der Waals surface area contributed by atoms with Crippen LogP contribution in [-0.4, -0.2) is 15.0 Å². The fourth-order valence-electron chi connectivity index (χ4n) is 1.35. The van der Waals surface area contributed by atoms with Gasteiger partial charge in [0.05, 0.1) is 17.0 Å². The summed E-state index contributed by atoms with van der Waals surface area (Å²) in [4.78, 5) is 11.9. The summed E-state index contributed by atoms with van der Waals surface area (Å²) >= 11 is 11.7. The van der Waals surface area contributed by atoms with E-state index in [0.717, 1.165) is 0 Å². The Kier molecular flexibility index (Phi) is 2.94. The van der Waals surface area contributed by atoms with Crippen molar-refractivity contribution in [3.05, 3.63) is 45.2 Å². The molecule has 4 nitrogen and oxygen atoms in total. The average Bonchev–Trinajstić information content (AvgIpc) is 2.23. The number of nitrogens with zero attached hydrogens (tertiary/aromatic N) is 3. The predicted molar refractivity (Wildman–Crippen MR) is 64.0 cm³/mol. The van der Waals surface area contributed by atoms with Crippen LogP contribution in [0.25, 0.3) is 10.9 Å². The Bertz CT molecular complexity index is 621. The highest BCUT2D eigenvalue weighted by Crippen LogP contribution is 2.23. The molecule has 0 atom stereocenters. The second-order valence-electron chi connectivity index (χ2n) is 3.15. The van der Waals surface area contributed by atoms with E-state index in [-0.39, 0.29) is 5.56 Å². The number of benzene rings is 1. The van der Waals surface area contributed by atoms with Gasteiger partial charge in [-0.25, -0.2) is 4.68 Å². The smallest absolute Gasteiger partial charge is 0.267 e. The number of hydrogen-bond donors (Lipinski definition) is 0. The van der Waals surface area contributed by atoms with Gasteiger partial charge in [0.25, 0.3) is 5.56 Å². The highest BCUT2D eigenvalue weighted by atomic mass is 35.5. The second-order valence-corrected chi connectivity index (χ2v) is 3.99. The van der Waals surface area contributed by atoms with E-state index in [1.807, 2.05) is 0 Å². The van der Waals surface area contributed by atoms with Gasteiger partial charge in [-0.1, -0.05) is 34.5 Å². The molecule has 0 amide bonds. The van der Waals surface area contributed by atoms with Crippen molar-refractivity contribution in [2.45, 2.75) is 6.54 Å². The van der Waals surface area contributed by atoms with Crippen molar-refractivity contribution in [1.82, 2.24) is 15.0 Å². The van der Waals surface area contributed by atoms with Gasteiger partial charge in [-0.3, -0.25) is 4.79 Å². The van der Waals surface area contributed by atoms with Crippen LogP contribution in [0.2, 0.25) is 10.0 Å². The SMILES string of the molecule is C=CCn1nnc2c(Cl)cc(Cl)cc2c1=O. The summed E-state index contributed by atoms with van der Waals surface area (Å²) in [5.41, 5.74) is 0.0747. The predicted octanol–water partition coefficient (Wildman–Crippen LogP) is 2.28. The van der Waals surface area contributed by atoms with E-state index < -0.39 is 0 Å². The molecular formula is C10H7Cl2N3O. The van der Waals surface area contributed by atoms with E-state index in [4.69, 9.17) is 23.2 Å². The first-order valence-corrected chi connectivity index (χ1v) is 5.22. The first kappa shape index (κ1) is 11.1. The molecule has 0 saturated heterocycles. The number of hydrogen-bond acceptors (Lipinski definition) is 3. The van der Waals surface area contributed by atoms with Gasteiger partial charge in [0.1, 0.15) is 5.52 Å². The van der Waals surface area contributed by atoms with E-state index in [1.54, 1.807) is 6.08 Å². The highest BCUT2D eigenvalue weighted by molar-refractivity contribution is 6.38.